The van der Waals surface area contributed by atoms with E-state index in [4.69, 9.17) is 10.2 Å². The van der Waals surface area contributed by atoms with E-state index >= 15 is 0 Å². The van der Waals surface area contributed by atoms with Crippen molar-refractivity contribution in [2.75, 3.05) is 17.6 Å². The molecule has 0 saturated heterocycles. The monoisotopic (exact) mass is 279 g/mol. The zero-order valence-corrected chi connectivity index (χ0v) is 10.8. The van der Waals surface area contributed by atoms with Gasteiger partial charge in [0.2, 0.25) is 10.0 Å². The van der Waals surface area contributed by atoms with E-state index in [2.05, 4.69) is 10.3 Å². The van der Waals surface area contributed by atoms with Gasteiger partial charge in [0.15, 0.2) is 5.13 Å². The van der Waals surface area contributed by atoms with Crippen molar-refractivity contribution in [3.8, 4) is 0 Å². The van der Waals surface area contributed by atoms with Crippen molar-refractivity contribution in [2.24, 2.45) is 5.14 Å². The van der Waals surface area contributed by atoms with Crippen molar-refractivity contribution < 1.29 is 18.3 Å². The van der Waals surface area contributed by atoms with E-state index in [0.29, 0.717) is 23.8 Å². The van der Waals surface area contributed by atoms with Crippen LogP contribution in [-0.2, 0) is 10.0 Å². The van der Waals surface area contributed by atoms with Gasteiger partial charge in [0.1, 0.15) is 4.88 Å². The number of anilines is 1. The van der Waals surface area contributed by atoms with Gasteiger partial charge in [0, 0.05) is 6.54 Å². The first-order valence-electron chi connectivity index (χ1n) is 4.74. The Morgan fingerprint density at radius 3 is 2.71 bits per heavy atom. The molecule has 1 rings (SSSR count). The Labute approximate surface area is 103 Å². The Balaban J connectivity index is 2.48. The molecule has 96 valence electrons. The van der Waals surface area contributed by atoms with E-state index in [1.54, 1.807) is 6.92 Å². The van der Waals surface area contributed by atoms with Gasteiger partial charge in [-0.15, -0.1) is 0 Å². The van der Waals surface area contributed by atoms with Crippen molar-refractivity contribution in [1.82, 2.24) is 4.98 Å². The summed E-state index contributed by atoms with van der Waals surface area (Å²) in [6.07, 6.45) is 0.347. The molecule has 4 N–H and O–H groups in total. The Hall–Kier alpha value is -1.19. The number of nitrogens with two attached hydrogens (primary N) is 1. The predicted octanol–water partition coefficient (Wildman–Crippen LogP) is 0.240. The number of nitrogens with one attached hydrogen (secondary N) is 1. The van der Waals surface area contributed by atoms with Crippen LogP contribution >= 0.6 is 11.3 Å². The van der Waals surface area contributed by atoms with Crippen molar-refractivity contribution in [3.05, 3.63) is 10.6 Å². The van der Waals surface area contributed by atoms with Crippen LogP contribution in [0.2, 0.25) is 0 Å². The lowest BCUT2D eigenvalue weighted by molar-refractivity contribution is 0.0701. The first-order chi connectivity index (χ1) is 7.79. The van der Waals surface area contributed by atoms with E-state index in [1.807, 2.05) is 0 Å². The summed E-state index contributed by atoms with van der Waals surface area (Å²) in [6, 6.07) is 0. The third kappa shape index (κ3) is 4.67. The second-order valence-electron chi connectivity index (χ2n) is 3.39. The predicted molar refractivity (Wildman–Crippen MR) is 64.9 cm³/mol. The number of primary sulfonamides is 1. The van der Waals surface area contributed by atoms with Crippen LogP contribution in [-0.4, -0.2) is 36.8 Å². The molecule has 17 heavy (non-hydrogen) atoms. The summed E-state index contributed by atoms with van der Waals surface area (Å²) in [5, 5.41) is 17.0. The second-order valence-corrected chi connectivity index (χ2v) is 6.12. The smallest absolute Gasteiger partial charge is 0.347 e. The van der Waals surface area contributed by atoms with Crippen LogP contribution in [0, 0.1) is 6.92 Å². The minimum atomic E-state index is -3.45. The summed E-state index contributed by atoms with van der Waals surface area (Å²) in [4.78, 5) is 14.9. The number of sulfonamides is 1. The highest BCUT2D eigenvalue weighted by Crippen LogP contribution is 2.22. The first-order valence-corrected chi connectivity index (χ1v) is 7.28. The van der Waals surface area contributed by atoms with Crippen LogP contribution in [0.1, 0.15) is 21.8 Å². The Bertz CT molecular complexity index is 509. The Morgan fingerprint density at radius 1 is 1.59 bits per heavy atom. The Kier molecular flexibility index (Phi) is 4.43. The zero-order valence-electron chi connectivity index (χ0n) is 9.13. The number of hydrogen-bond donors (Lipinski definition) is 3. The van der Waals surface area contributed by atoms with Crippen LogP contribution in [0.25, 0.3) is 0 Å². The number of nitrogens with zero attached hydrogens (tertiary/aromatic N) is 1. The number of carboxylic acids is 1. The fourth-order valence-corrected chi connectivity index (χ4v) is 2.52. The molecule has 0 atom stereocenters. The molecule has 0 fully saturated rings. The van der Waals surface area contributed by atoms with E-state index in [0.717, 1.165) is 11.3 Å². The summed E-state index contributed by atoms with van der Waals surface area (Å²) in [6.45, 7) is 1.98. The van der Waals surface area contributed by atoms with Crippen LogP contribution in [0.3, 0.4) is 0 Å². The second kappa shape index (κ2) is 5.43. The molecule has 0 aliphatic rings. The number of carboxylic acid groups (broad SMARTS) is 1. The highest BCUT2D eigenvalue weighted by molar-refractivity contribution is 7.89. The fraction of sp³-hybridized carbons (Fsp3) is 0.500. The average molecular weight is 279 g/mol. The number of thiazole rings is 1. The summed E-state index contributed by atoms with van der Waals surface area (Å²) < 4.78 is 21.3. The molecule has 1 aromatic rings. The van der Waals surface area contributed by atoms with Crippen LogP contribution in [0.15, 0.2) is 0 Å². The highest BCUT2D eigenvalue weighted by atomic mass is 32.2. The molecule has 0 aliphatic heterocycles. The molecular formula is C8H13N3O4S2. The molecular weight excluding hydrogens is 266 g/mol. The van der Waals surface area contributed by atoms with Gasteiger partial charge in [-0.2, -0.15) is 0 Å². The molecule has 1 heterocycles. The molecule has 0 bridgehead atoms. The summed E-state index contributed by atoms with van der Waals surface area (Å²) in [7, 11) is -3.45. The summed E-state index contributed by atoms with van der Waals surface area (Å²) in [5.41, 5.74) is 0.441. The van der Waals surface area contributed by atoms with E-state index in [-0.39, 0.29) is 10.6 Å². The van der Waals surface area contributed by atoms with Crippen LogP contribution in [0.5, 0.6) is 0 Å². The van der Waals surface area contributed by atoms with Gasteiger partial charge in [-0.3, -0.25) is 0 Å². The topological polar surface area (TPSA) is 122 Å². The van der Waals surface area contributed by atoms with Crippen LogP contribution < -0.4 is 10.5 Å². The quantitative estimate of drug-likeness (QED) is 0.641. The maximum absolute atomic E-state index is 10.7. The third-order valence-electron chi connectivity index (χ3n) is 1.87. The molecule has 0 unspecified atom stereocenters. The van der Waals surface area contributed by atoms with Crippen LogP contribution in [0.4, 0.5) is 5.13 Å². The molecule has 0 aliphatic carbocycles. The lowest BCUT2D eigenvalue weighted by atomic mass is 10.4. The van der Waals surface area contributed by atoms with Crippen molar-refractivity contribution in [1.29, 1.82) is 0 Å². The van der Waals surface area contributed by atoms with Gasteiger partial charge in [-0.25, -0.2) is 23.3 Å². The van der Waals surface area contributed by atoms with Gasteiger partial charge in [0.25, 0.3) is 0 Å². The largest absolute Gasteiger partial charge is 0.477 e. The Morgan fingerprint density at radius 2 is 2.24 bits per heavy atom. The zero-order chi connectivity index (χ0) is 13.1. The van der Waals surface area contributed by atoms with E-state index < -0.39 is 16.0 Å². The van der Waals surface area contributed by atoms with Crippen molar-refractivity contribution >= 4 is 32.5 Å². The van der Waals surface area contributed by atoms with Crippen molar-refractivity contribution in [2.45, 2.75) is 13.3 Å². The normalized spacial score (nSPS) is 11.4. The maximum Gasteiger partial charge on any atom is 0.347 e. The van der Waals surface area contributed by atoms with Gasteiger partial charge >= 0.3 is 5.97 Å². The molecule has 0 radical (unpaired) electrons. The molecule has 0 aromatic carbocycles. The number of carbonyl (C=O) groups is 1. The molecule has 0 saturated carbocycles. The first kappa shape index (κ1) is 13.9. The van der Waals surface area contributed by atoms with Gasteiger partial charge in [-0.1, -0.05) is 11.3 Å². The number of aromatic nitrogens is 1. The fourth-order valence-electron chi connectivity index (χ4n) is 1.14. The molecule has 7 nitrogen and oxygen atoms in total. The maximum atomic E-state index is 10.7. The summed E-state index contributed by atoms with van der Waals surface area (Å²) >= 11 is 1.02. The standard InChI is InChI=1S/C8H13N3O4S2/c1-5-6(7(12)13)16-8(11-5)10-3-2-4-17(9,14)15/h2-4H2,1H3,(H,10,11)(H,12,13)(H2,9,14,15). The number of hydrogen-bond acceptors (Lipinski definition) is 6. The molecule has 1 aromatic heterocycles. The minimum absolute atomic E-state index is 0.115. The molecule has 0 amide bonds. The minimum Gasteiger partial charge on any atom is -0.477 e. The number of aryl methyl sites for hydroxylation is 1. The van der Waals surface area contributed by atoms with E-state index in [1.165, 1.54) is 0 Å². The SMILES string of the molecule is Cc1nc(NCCCS(N)(=O)=O)sc1C(=O)O. The molecule has 0 spiro atoms. The third-order valence-corrected chi connectivity index (χ3v) is 3.83. The highest BCUT2D eigenvalue weighted by Gasteiger charge is 2.13. The lowest BCUT2D eigenvalue weighted by Crippen LogP contribution is -2.18. The molecule has 9 heteroatoms. The van der Waals surface area contributed by atoms with E-state index in [9.17, 15) is 13.2 Å². The summed E-state index contributed by atoms with van der Waals surface area (Å²) in [5.74, 6) is -1.13. The van der Waals surface area contributed by atoms with Gasteiger partial charge in [-0.05, 0) is 13.3 Å². The van der Waals surface area contributed by atoms with Gasteiger partial charge in [0.05, 0.1) is 11.4 Å². The van der Waals surface area contributed by atoms with Crippen molar-refractivity contribution in [3.63, 3.8) is 0 Å². The average Bonchev–Trinajstić information content (AvgIpc) is 2.53. The van der Waals surface area contributed by atoms with Gasteiger partial charge < -0.3 is 10.4 Å². The number of rotatable bonds is 6. The number of aromatic carboxylic acids is 1. The lowest BCUT2D eigenvalue weighted by Gasteiger charge is -2.00.